The zero-order chi connectivity index (χ0) is 59.2. The average Bonchev–Trinajstić information content (AvgIpc) is 3.47. The Labute approximate surface area is 506 Å². The Morgan fingerprint density at radius 2 is 0.476 bits per heavy atom. The molecule has 0 bridgehead atoms. The summed E-state index contributed by atoms with van der Waals surface area (Å²) in [6.07, 6.45) is 98.6. The molecular weight excluding hydrogens is 1010 g/mol. The molecule has 0 aliphatic rings. The lowest BCUT2D eigenvalue weighted by molar-refractivity contribution is -0.167. The van der Waals surface area contributed by atoms with Crippen molar-refractivity contribution >= 4 is 17.9 Å². The Hall–Kier alpha value is -4.71. The summed E-state index contributed by atoms with van der Waals surface area (Å²) >= 11 is 0. The van der Waals surface area contributed by atoms with Crippen LogP contribution in [0.2, 0.25) is 0 Å². The number of ether oxygens (including phenoxy) is 3. The van der Waals surface area contributed by atoms with Gasteiger partial charge in [-0.05, 0) is 141 Å². The molecule has 0 saturated heterocycles. The van der Waals surface area contributed by atoms with Gasteiger partial charge in [-0.2, -0.15) is 0 Å². The van der Waals surface area contributed by atoms with Gasteiger partial charge in [-0.25, -0.2) is 0 Å². The second kappa shape index (κ2) is 68.8. The van der Waals surface area contributed by atoms with Crippen molar-refractivity contribution in [1.29, 1.82) is 0 Å². The molecule has 464 valence electrons. The van der Waals surface area contributed by atoms with E-state index in [1.165, 1.54) is 103 Å². The van der Waals surface area contributed by atoms with Crippen LogP contribution in [0.25, 0.3) is 0 Å². The van der Waals surface area contributed by atoms with Crippen molar-refractivity contribution in [2.75, 3.05) is 13.2 Å². The fourth-order valence-corrected chi connectivity index (χ4v) is 9.06. The number of hydrogen-bond donors (Lipinski definition) is 0. The number of esters is 3. The third kappa shape index (κ3) is 66.1. The molecule has 0 aliphatic heterocycles. The Kier molecular flexibility index (Phi) is 64.8. The molecule has 0 aliphatic carbocycles. The second-order valence-corrected chi connectivity index (χ2v) is 22.0. The number of rotatable bonds is 60. The lowest BCUT2D eigenvalue weighted by Crippen LogP contribution is -2.30. The van der Waals surface area contributed by atoms with E-state index >= 15 is 0 Å². The summed E-state index contributed by atoms with van der Waals surface area (Å²) in [4.78, 5) is 38.4. The first-order valence-corrected chi connectivity index (χ1v) is 33.8. The number of hydrogen-bond acceptors (Lipinski definition) is 6. The molecule has 0 aromatic heterocycles. The minimum atomic E-state index is -0.796. The predicted molar refractivity (Wildman–Crippen MR) is 357 cm³/mol. The highest BCUT2D eigenvalue weighted by atomic mass is 16.6. The first-order chi connectivity index (χ1) is 40.5. The summed E-state index contributed by atoms with van der Waals surface area (Å²) in [7, 11) is 0. The van der Waals surface area contributed by atoms with Crippen LogP contribution in [0.4, 0.5) is 0 Å². The maximum absolute atomic E-state index is 12.9. The zero-order valence-electron chi connectivity index (χ0n) is 53.2. The van der Waals surface area contributed by atoms with Crippen LogP contribution in [0.3, 0.4) is 0 Å². The van der Waals surface area contributed by atoms with E-state index in [9.17, 15) is 14.4 Å². The molecule has 0 N–H and O–H groups in total. The number of carbonyl (C=O) groups excluding carboxylic acids is 3. The summed E-state index contributed by atoms with van der Waals surface area (Å²) in [6, 6.07) is 0. The maximum atomic E-state index is 12.9. The van der Waals surface area contributed by atoms with Crippen molar-refractivity contribution in [2.24, 2.45) is 0 Å². The predicted octanol–water partition coefficient (Wildman–Crippen LogP) is 23.5. The summed E-state index contributed by atoms with van der Waals surface area (Å²) in [5, 5.41) is 0. The monoisotopic (exact) mass is 1130 g/mol. The molecule has 6 heteroatoms. The van der Waals surface area contributed by atoms with Crippen molar-refractivity contribution < 1.29 is 28.6 Å². The molecular formula is C76H124O6. The van der Waals surface area contributed by atoms with Gasteiger partial charge >= 0.3 is 17.9 Å². The van der Waals surface area contributed by atoms with E-state index in [0.29, 0.717) is 19.3 Å². The molecule has 1 unspecified atom stereocenters. The summed E-state index contributed by atoms with van der Waals surface area (Å²) in [5.41, 5.74) is 0. The van der Waals surface area contributed by atoms with Gasteiger partial charge in [-0.1, -0.05) is 282 Å². The highest BCUT2D eigenvalue weighted by Gasteiger charge is 2.19. The van der Waals surface area contributed by atoms with Crippen LogP contribution in [-0.4, -0.2) is 37.2 Å². The molecule has 0 amide bonds. The number of allylic oxidation sites excluding steroid dienone is 24. The minimum absolute atomic E-state index is 0.0911. The van der Waals surface area contributed by atoms with Crippen molar-refractivity contribution in [1.82, 2.24) is 0 Å². The van der Waals surface area contributed by atoms with Gasteiger partial charge in [0.15, 0.2) is 6.10 Å². The highest BCUT2D eigenvalue weighted by Crippen LogP contribution is 2.15. The van der Waals surface area contributed by atoms with E-state index in [4.69, 9.17) is 14.2 Å². The van der Waals surface area contributed by atoms with Gasteiger partial charge in [0.2, 0.25) is 0 Å². The molecule has 0 rings (SSSR count). The summed E-state index contributed by atoms with van der Waals surface area (Å²) in [6.45, 7) is 6.38. The van der Waals surface area contributed by atoms with Gasteiger partial charge in [0.25, 0.3) is 0 Å². The smallest absolute Gasteiger partial charge is 0.306 e. The third-order valence-electron chi connectivity index (χ3n) is 14.1. The van der Waals surface area contributed by atoms with Crippen molar-refractivity contribution in [3.63, 3.8) is 0 Å². The lowest BCUT2D eigenvalue weighted by atomic mass is 10.1. The van der Waals surface area contributed by atoms with Crippen LogP contribution in [0, 0.1) is 0 Å². The van der Waals surface area contributed by atoms with Crippen LogP contribution in [0.5, 0.6) is 0 Å². The Morgan fingerprint density at radius 3 is 0.756 bits per heavy atom. The van der Waals surface area contributed by atoms with E-state index in [-0.39, 0.29) is 31.1 Å². The van der Waals surface area contributed by atoms with Crippen LogP contribution >= 0.6 is 0 Å². The first-order valence-electron chi connectivity index (χ1n) is 33.8. The normalized spacial score (nSPS) is 13.1. The third-order valence-corrected chi connectivity index (χ3v) is 14.1. The van der Waals surface area contributed by atoms with Crippen LogP contribution in [-0.2, 0) is 28.6 Å². The molecule has 0 radical (unpaired) electrons. The molecule has 0 saturated carbocycles. The highest BCUT2D eigenvalue weighted by molar-refractivity contribution is 5.71. The fourth-order valence-electron chi connectivity index (χ4n) is 9.06. The first kappa shape index (κ1) is 77.3. The van der Waals surface area contributed by atoms with E-state index < -0.39 is 6.10 Å². The van der Waals surface area contributed by atoms with Crippen molar-refractivity contribution in [3.05, 3.63) is 146 Å². The quantitative estimate of drug-likeness (QED) is 0.0261. The Balaban J connectivity index is 4.35. The SMILES string of the molecule is CC/C=C\C/C=C\C/C=C\C/C=C\C/C=C\C/C=C\CCCCCCCCCCC(=O)OCC(COC(=O)CCCCCCC/C=C\CCCCC)OC(=O)CCCCCCCCCCC/C=C\C/C=C\C/C=C\C/C=C\C/C=C\CC. The lowest BCUT2D eigenvalue weighted by Gasteiger charge is -2.18. The summed E-state index contributed by atoms with van der Waals surface area (Å²) < 4.78 is 16.9. The molecule has 82 heavy (non-hydrogen) atoms. The van der Waals surface area contributed by atoms with Gasteiger partial charge in [-0.15, -0.1) is 0 Å². The fraction of sp³-hybridized carbons (Fsp3) is 0.645. The molecule has 0 aromatic rings. The topological polar surface area (TPSA) is 78.9 Å². The van der Waals surface area contributed by atoms with Crippen LogP contribution in [0.15, 0.2) is 146 Å². The second-order valence-electron chi connectivity index (χ2n) is 22.0. The van der Waals surface area contributed by atoms with Gasteiger partial charge in [-0.3, -0.25) is 14.4 Å². The molecule has 0 spiro atoms. The van der Waals surface area contributed by atoms with Crippen molar-refractivity contribution in [3.8, 4) is 0 Å². The molecule has 0 heterocycles. The molecule has 0 fully saturated rings. The Bertz CT molecular complexity index is 1780. The van der Waals surface area contributed by atoms with Crippen LogP contribution < -0.4 is 0 Å². The maximum Gasteiger partial charge on any atom is 0.306 e. The van der Waals surface area contributed by atoms with E-state index in [2.05, 4.69) is 167 Å². The molecule has 1 atom stereocenters. The number of unbranched alkanes of at least 4 members (excludes halogenated alkanes) is 25. The minimum Gasteiger partial charge on any atom is -0.462 e. The van der Waals surface area contributed by atoms with E-state index in [1.807, 2.05) is 0 Å². The van der Waals surface area contributed by atoms with Gasteiger partial charge in [0.1, 0.15) is 13.2 Å². The number of carbonyl (C=O) groups is 3. The molecule has 0 aromatic carbocycles. The zero-order valence-corrected chi connectivity index (χ0v) is 53.2. The summed E-state index contributed by atoms with van der Waals surface area (Å²) in [5.74, 6) is -0.911. The van der Waals surface area contributed by atoms with E-state index in [1.54, 1.807) is 0 Å². The Morgan fingerprint density at radius 1 is 0.256 bits per heavy atom. The average molecular weight is 1130 g/mol. The van der Waals surface area contributed by atoms with Crippen LogP contribution in [0.1, 0.15) is 297 Å². The van der Waals surface area contributed by atoms with Crippen molar-refractivity contribution in [2.45, 2.75) is 303 Å². The largest absolute Gasteiger partial charge is 0.462 e. The van der Waals surface area contributed by atoms with Gasteiger partial charge in [0.05, 0.1) is 0 Å². The van der Waals surface area contributed by atoms with Gasteiger partial charge < -0.3 is 14.2 Å². The molecule has 6 nitrogen and oxygen atoms in total. The van der Waals surface area contributed by atoms with E-state index in [0.717, 1.165) is 154 Å². The van der Waals surface area contributed by atoms with Gasteiger partial charge in [0, 0.05) is 19.3 Å². The standard InChI is InChI=1S/C76H124O6/c1-4-7-10-13-16-19-22-25-27-29-31-33-35-37-38-40-41-43-45-47-49-51-54-57-60-63-66-69-75(78)81-72-73(71-80-74(77)68-65-62-59-56-53-24-21-18-15-12-9-6-3)82-76(79)70-67-64-61-58-55-52-50-48-46-44-42-39-36-34-32-30-28-26-23-20-17-14-11-8-5-2/h7-8,10-11,16-21,25-28,31-34,37-39,41-43,73H,4-6,9,12-15,22-24,29-30,35-36,40,44-72H2,1-3H3/b10-7-,11-8-,19-16-,20-17-,21-18-,27-25-,28-26-,33-31-,34-32-,38-37-,42-39-,43-41-.